The van der Waals surface area contributed by atoms with E-state index < -0.39 is 0 Å². The first-order chi connectivity index (χ1) is 9.56. The average Bonchev–Trinajstić information content (AvgIpc) is 2.82. The second kappa shape index (κ2) is 6.57. The van der Waals surface area contributed by atoms with Gasteiger partial charge in [-0.05, 0) is 43.5 Å². The fraction of sp³-hybridized carbons (Fsp3) is 0.438. The second-order valence-electron chi connectivity index (χ2n) is 5.43. The van der Waals surface area contributed by atoms with Crippen molar-refractivity contribution < 1.29 is 9.15 Å². The van der Waals surface area contributed by atoms with E-state index in [4.69, 9.17) is 9.15 Å². The van der Waals surface area contributed by atoms with Gasteiger partial charge in [0, 0.05) is 6.54 Å². The average molecular weight is 274 g/mol. The smallest absolute Gasteiger partial charge is 0.399 e. The lowest BCUT2D eigenvalue weighted by atomic mass is 10.1. The van der Waals surface area contributed by atoms with Crippen LogP contribution < -0.4 is 10.1 Å². The van der Waals surface area contributed by atoms with Crippen LogP contribution >= 0.6 is 0 Å². The summed E-state index contributed by atoms with van der Waals surface area (Å²) in [6.07, 6.45) is 1.92. The number of ether oxygens (including phenoxy) is 1. The number of rotatable bonds is 6. The third-order valence-electron chi connectivity index (χ3n) is 3.14. The number of aryl methyl sites for hydroxylation is 1. The summed E-state index contributed by atoms with van der Waals surface area (Å²) in [4.78, 5) is 4.32. The highest BCUT2D eigenvalue weighted by Gasteiger charge is 2.09. The minimum atomic E-state index is 0.292. The van der Waals surface area contributed by atoms with Crippen LogP contribution in [0, 0.1) is 19.8 Å². The van der Waals surface area contributed by atoms with Gasteiger partial charge in [-0.2, -0.15) is 4.98 Å². The highest BCUT2D eigenvalue weighted by Crippen LogP contribution is 2.26. The molecule has 0 aliphatic heterocycles. The molecule has 1 aromatic carbocycles. The third-order valence-corrected chi connectivity index (χ3v) is 3.14. The Labute approximate surface area is 120 Å². The molecular formula is C16H22N2O2. The molecule has 0 saturated carbocycles. The number of benzene rings is 1. The Morgan fingerprint density at radius 3 is 2.85 bits per heavy atom. The van der Waals surface area contributed by atoms with E-state index in [9.17, 15) is 0 Å². The van der Waals surface area contributed by atoms with Gasteiger partial charge in [0.05, 0.1) is 5.69 Å². The van der Waals surface area contributed by atoms with Gasteiger partial charge in [0.1, 0.15) is 12.0 Å². The van der Waals surface area contributed by atoms with Crippen molar-refractivity contribution in [2.75, 3.05) is 6.54 Å². The maximum absolute atomic E-state index is 5.69. The van der Waals surface area contributed by atoms with Crippen LogP contribution in [0.3, 0.4) is 0 Å². The zero-order valence-corrected chi connectivity index (χ0v) is 12.6. The van der Waals surface area contributed by atoms with Gasteiger partial charge in [-0.15, -0.1) is 0 Å². The van der Waals surface area contributed by atoms with E-state index >= 15 is 0 Å². The monoisotopic (exact) mass is 274 g/mol. The van der Waals surface area contributed by atoms with Gasteiger partial charge in [0.2, 0.25) is 0 Å². The Bertz CT molecular complexity index is 561. The SMILES string of the molecule is Cc1cccc(Oc2nc(CNCC(C)C)co2)c1C. The summed E-state index contributed by atoms with van der Waals surface area (Å²) >= 11 is 0. The van der Waals surface area contributed by atoms with Gasteiger partial charge < -0.3 is 14.5 Å². The lowest BCUT2D eigenvalue weighted by Crippen LogP contribution is -2.19. The molecule has 20 heavy (non-hydrogen) atoms. The van der Waals surface area contributed by atoms with Crippen LogP contribution in [0.4, 0.5) is 0 Å². The summed E-state index contributed by atoms with van der Waals surface area (Å²) < 4.78 is 11.0. The van der Waals surface area contributed by atoms with E-state index in [1.807, 2.05) is 19.1 Å². The maximum Gasteiger partial charge on any atom is 0.399 e. The summed E-state index contributed by atoms with van der Waals surface area (Å²) in [7, 11) is 0. The van der Waals surface area contributed by atoms with Crippen molar-refractivity contribution >= 4 is 0 Å². The zero-order valence-electron chi connectivity index (χ0n) is 12.6. The highest BCUT2D eigenvalue weighted by atomic mass is 16.6. The van der Waals surface area contributed by atoms with Crippen molar-refractivity contribution in [3.63, 3.8) is 0 Å². The Hall–Kier alpha value is -1.81. The summed E-state index contributed by atoms with van der Waals surface area (Å²) in [6, 6.07) is 5.94. The largest absolute Gasteiger partial charge is 0.417 e. The summed E-state index contributed by atoms with van der Waals surface area (Å²) in [5.41, 5.74) is 3.14. The molecule has 4 heteroatoms. The van der Waals surface area contributed by atoms with Crippen LogP contribution in [0.25, 0.3) is 0 Å². The van der Waals surface area contributed by atoms with Crippen molar-refractivity contribution in [2.24, 2.45) is 5.92 Å². The van der Waals surface area contributed by atoms with Gasteiger partial charge in [-0.1, -0.05) is 26.0 Å². The van der Waals surface area contributed by atoms with E-state index in [2.05, 4.69) is 37.1 Å². The van der Waals surface area contributed by atoms with Crippen molar-refractivity contribution in [3.05, 3.63) is 41.3 Å². The molecule has 0 atom stereocenters. The maximum atomic E-state index is 5.69. The highest BCUT2D eigenvalue weighted by molar-refractivity contribution is 5.39. The predicted molar refractivity (Wildman–Crippen MR) is 79.0 cm³/mol. The first-order valence-electron chi connectivity index (χ1n) is 6.95. The van der Waals surface area contributed by atoms with Gasteiger partial charge in [-0.25, -0.2) is 0 Å². The molecule has 0 fully saturated rings. The van der Waals surface area contributed by atoms with Gasteiger partial charge in [0.15, 0.2) is 0 Å². The minimum Gasteiger partial charge on any atom is -0.417 e. The Morgan fingerprint density at radius 2 is 2.10 bits per heavy atom. The molecule has 4 nitrogen and oxygen atoms in total. The van der Waals surface area contributed by atoms with Crippen LogP contribution in [0.1, 0.15) is 30.7 Å². The van der Waals surface area contributed by atoms with Crippen molar-refractivity contribution in [3.8, 4) is 11.8 Å². The molecule has 0 amide bonds. The Balaban J connectivity index is 1.97. The first-order valence-corrected chi connectivity index (χ1v) is 6.95. The van der Waals surface area contributed by atoms with Crippen LogP contribution in [0.5, 0.6) is 11.8 Å². The number of oxazole rings is 1. The van der Waals surface area contributed by atoms with E-state index in [0.29, 0.717) is 18.5 Å². The van der Waals surface area contributed by atoms with E-state index in [1.165, 1.54) is 5.56 Å². The standard InChI is InChI=1S/C16H22N2O2/c1-11(2)8-17-9-14-10-19-16(18-14)20-15-7-5-6-12(3)13(15)4/h5-7,10-11,17H,8-9H2,1-4H3. The molecule has 1 aromatic heterocycles. The van der Waals surface area contributed by atoms with Crippen LogP contribution in [-0.2, 0) is 6.54 Å². The molecule has 0 aliphatic carbocycles. The normalized spacial score (nSPS) is 11.1. The fourth-order valence-electron chi connectivity index (χ4n) is 1.83. The minimum absolute atomic E-state index is 0.292. The molecule has 108 valence electrons. The summed E-state index contributed by atoms with van der Waals surface area (Å²) in [5.74, 6) is 1.40. The summed E-state index contributed by atoms with van der Waals surface area (Å²) in [5, 5.41) is 3.32. The molecule has 0 aliphatic rings. The van der Waals surface area contributed by atoms with Crippen molar-refractivity contribution in [1.29, 1.82) is 0 Å². The van der Waals surface area contributed by atoms with Crippen LogP contribution in [0.15, 0.2) is 28.9 Å². The zero-order chi connectivity index (χ0) is 14.5. The van der Waals surface area contributed by atoms with Crippen LogP contribution in [-0.4, -0.2) is 11.5 Å². The Kier molecular flexibility index (Phi) is 4.79. The van der Waals surface area contributed by atoms with E-state index in [1.54, 1.807) is 6.26 Å². The molecule has 2 rings (SSSR count). The number of nitrogens with one attached hydrogen (secondary N) is 1. The topological polar surface area (TPSA) is 47.3 Å². The molecule has 0 unspecified atom stereocenters. The quantitative estimate of drug-likeness (QED) is 0.869. The number of aromatic nitrogens is 1. The molecular weight excluding hydrogens is 252 g/mol. The Morgan fingerprint density at radius 1 is 1.30 bits per heavy atom. The van der Waals surface area contributed by atoms with Crippen LogP contribution in [0.2, 0.25) is 0 Å². The molecule has 0 radical (unpaired) electrons. The summed E-state index contributed by atoms with van der Waals surface area (Å²) in [6.45, 7) is 10.1. The molecule has 1 N–H and O–H groups in total. The number of hydrogen-bond acceptors (Lipinski definition) is 4. The second-order valence-corrected chi connectivity index (χ2v) is 5.43. The third kappa shape index (κ3) is 3.84. The molecule has 0 saturated heterocycles. The van der Waals surface area contributed by atoms with Gasteiger partial charge >= 0.3 is 6.08 Å². The van der Waals surface area contributed by atoms with Crippen molar-refractivity contribution in [1.82, 2.24) is 10.3 Å². The fourth-order valence-corrected chi connectivity index (χ4v) is 1.83. The molecule has 2 aromatic rings. The van der Waals surface area contributed by atoms with E-state index in [-0.39, 0.29) is 0 Å². The number of hydrogen-bond donors (Lipinski definition) is 1. The molecule has 1 heterocycles. The van der Waals surface area contributed by atoms with Gasteiger partial charge in [0.25, 0.3) is 0 Å². The predicted octanol–water partition coefficient (Wildman–Crippen LogP) is 3.83. The number of nitrogens with zero attached hydrogens (tertiary/aromatic N) is 1. The molecule has 0 spiro atoms. The first kappa shape index (κ1) is 14.6. The lowest BCUT2D eigenvalue weighted by Gasteiger charge is -2.06. The molecule has 0 bridgehead atoms. The van der Waals surface area contributed by atoms with E-state index in [0.717, 1.165) is 23.6 Å². The lowest BCUT2D eigenvalue weighted by molar-refractivity contribution is 0.329. The van der Waals surface area contributed by atoms with Crippen molar-refractivity contribution in [2.45, 2.75) is 34.2 Å². The van der Waals surface area contributed by atoms with Gasteiger partial charge in [-0.3, -0.25) is 0 Å².